The molecular weight excluding hydrogens is 606 g/mol. The number of nitrogens with two attached hydrogens (primary N) is 1. The van der Waals surface area contributed by atoms with E-state index >= 15 is 8.78 Å². The number of nitrogens with zero attached hydrogens (tertiary/aromatic N) is 5. The van der Waals surface area contributed by atoms with Gasteiger partial charge in [0.2, 0.25) is 0 Å². The first-order chi connectivity index (χ1) is 21.6. The van der Waals surface area contributed by atoms with Gasteiger partial charge in [-0.3, -0.25) is 19.5 Å². The first kappa shape index (κ1) is 29.5. The summed E-state index contributed by atoms with van der Waals surface area (Å²) >= 11 is 5.93. The maximum atomic E-state index is 15.0. The molecular formula is C32H31ClF2N6O4. The maximum absolute atomic E-state index is 15.0. The Balaban J connectivity index is 1.37. The van der Waals surface area contributed by atoms with Gasteiger partial charge in [0.05, 0.1) is 46.4 Å². The number of aromatic nitrogens is 4. The van der Waals surface area contributed by atoms with Crippen molar-refractivity contribution < 1.29 is 27.8 Å². The van der Waals surface area contributed by atoms with Crippen LogP contribution >= 0.6 is 11.6 Å². The van der Waals surface area contributed by atoms with E-state index in [1.165, 1.54) is 18.3 Å². The van der Waals surface area contributed by atoms with E-state index in [0.717, 1.165) is 30.6 Å². The molecule has 4 aromatic rings. The molecule has 2 aliphatic heterocycles. The predicted octanol–water partition coefficient (Wildman–Crippen LogP) is 5.70. The van der Waals surface area contributed by atoms with Crippen molar-refractivity contribution in [1.29, 1.82) is 0 Å². The number of hydrogen-bond acceptors (Lipinski definition) is 7. The normalized spacial score (nSPS) is 18.9. The van der Waals surface area contributed by atoms with E-state index in [-0.39, 0.29) is 29.6 Å². The highest BCUT2D eigenvalue weighted by molar-refractivity contribution is 6.30. The maximum Gasteiger partial charge on any atom is 0.482 e. The Labute approximate surface area is 262 Å². The van der Waals surface area contributed by atoms with Gasteiger partial charge in [-0.1, -0.05) is 17.7 Å². The molecule has 7 rings (SSSR count). The van der Waals surface area contributed by atoms with E-state index in [0.29, 0.717) is 70.0 Å². The second-order valence-corrected chi connectivity index (χ2v) is 12.4. The summed E-state index contributed by atoms with van der Waals surface area (Å²) in [5.41, 5.74) is 8.75. The van der Waals surface area contributed by atoms with Crippen molar-refractivity contribution in [3.8, 4) is 16.9 Å². The van der Waals surface area contributed by atoms with Crippen molar-refractivity contribution in [1.82, 2.24) is 19.7 Å². The van der Waals surface area contributed by atoms with E-state index in [1.54, 1.807) is 24.4 Å². The zero-order chi connectivity index (χ0) is 31.5. The fourth-order valence-electron chi connectivity index (χ4n) is 6.35. The van der Waals surface area contributed by atoms with E-state index in [4.69, 9.17) is 36.9 Å². The number of pyridine rings is 2. The molecule has 3 aliphatic rings. The minimum absolute atomic E-state index is 0.00607. The van der Waals surface area contributed by atoms with Gasteiger partial charge in [-0.05, 0) is 80.7 Å². The number of carbonyl (C=O) groups is 2. The molecule has 0 bridgehead atoms. The summed E-state index contributed by atoms with van der Waals surface area (Å²) in [5.74, 6) is -1.70. The minimum Gasteiger partial charge on any atom is -0.423 e. The molecule has 1 saturated heterocycles. The minimum atomic E-state index is -4.13. The number of halogens is 3. The summed E-state index contributed by atoms with van der Waals surface area (Å²) in [6.07, 6.45) is 3.30. The van der Waals surface area contributed by atoms with Gasteiger partial charge in [0.1, 0.15) is 0 Å². The number of ether oxygens (including phenoxy) is 2. The molecule has 45 heavy (non-hydrogen) atoms. The molecule has 1 saturated carbocycles. The van der Waals surface area contributed by atoms with Crippen molar-refractivity contribution in [2.45, 2.75) is 57.7 Å². The number of benzene rings is 1. The Bertz CT molecular complexity index is 1800. The van der Waals surface area contributed by atoms with Gasteiger partial charge in [-0.2, -0.15) is 13.9 Å². The third-order valence-electron chi connectivity index (χ3n) is 8.96. The molecule has 10 nitrogen and oxygen atoms in total. The summed E-state index contributed by atoms with van der Waals surface area (Å²) in [7, 11) is 0. The molecule has 3 aromatic heterocycles. The Morgan fingerprint density at radius 2 is 1.93 bits per heavy atom. The van der Waals surface area contributed by atoms with Crippen LogP contribution in [0.2, 0.25) is 5.02 Å². The van der Waals surface area contributed by atoms with E-state index in [9.17, 15) is 9.59 Å². The van der Waals surface area contributed by atoms with E-state index < -0.39 is 17.9 Å². The molecule has 1 aromatic carbocycles. The second kappa shape index (κ2) is 11.3. The van der Waals surface area contributed by atoms with Gasteiger partial charge in [0, 0.05) is 30.4 Å². The van der Waals surface area contributed by atoms with Gasteiger partial charge >= 0.3 is 12.0 Å². The lowest BCUT2D eigenvalue weighted by Gasteiger charge is -2.33. The fourth-order valence-corrected chi connectivity index (χ4v) is 6.46. The zero-order valence-corrected chi connectivity index (χ0v) is 25.3. The lowest BCUT2D eigenvalue weighted by atomic mass is 9.92. The molecule has 5 heterocycles. The molecule has 1 atom stereocenters. The Hall–Kier alpha value is -4.16. The van der Waals surface area contributed by atoms with Crippen LogP contribution in [0, 0.1) is 11.8 Å². The molecule has 0 radical (unpaired) electrons. The third-order valence-corrected chi connectivity index (χ3v) is 9.18. The van der Waals surface area contributed by atoms with E-state index in [2.05, 4.69) is 11.9 Å². The number of amides is 2. The lowest BCUT2D eigenvalue weighted by Crippen LogP contribution is -2.50. The quantitative estimate of drug-likeness (QED) is 0.263. The highest BCUT2D eigenvalue weighted by atomic mass is 35.5. The number of fused-ring (bicyclic) bond motifs is 2. The molecule has 0 unspecified atom stereocenters. The summed E-state index contributed by atoms with van der Waals surface area (Å²) < 4.78 is 42.5. The molecule has 1 aliphatic carbocycles. The SMILES string of the molecule is C[C@H](C1CCOCC1)n1ncc2c(-c3ccc4c(c3)OC(F)(F)C(=O)N4Cc3ccc(Cl)cn3)c(C(N)=O)c(CC3CC3)nc21. The number of hydrogen-bond donors (Lipinski definition) is 1. The summed E-state index contributed by atoms with van der Waals surface area (Å²) in [6.45, 7) is 3.23. The van der Waals surface area contributed by atoms with Crippen molar-refractivity contribution in [2.75, 3.05) is 18.1 Å². The van der Waals surface area contributed by atoms with Crippen LogP contribution in [-0.2, 0) is 22.5 Å². The number of alkyl halides is 2. The number of primary amides is 1. The fraction of sp³-hybridized carbons (Fsp3) is 0.406. The molecule has 2 fully saturated rings. The van der Waals surface area contributed by atoms with Crippen LogP contribution in [0.4, 0.5) is 14.5 Å². The van der Waals surface area contributed by atoms with Crippen LogP contribution in [0.25, 0.3) is 22.2 Å². The van der Waals surface area contributed by atoms with Gasteiger partial charge in [-0.25, -0.2) is 9.67 Å². The largest absolute Gasteiger partial charge is 0.482 e. The predicted molar refractivity (Wildman–Crippen MR) is 162 cm³/mol. The van der Waals surface area contributed by atoms with Crippen molar-refractivity contribution >= 4 is 40.1 Å². The second-order valence-electron chi connectivity index (χ2n) is 12.0. The lowest BCUT2D eigenvalue weighted by molar-refractivity contribution is -0.193. The highest BCUT2D eigenvalue weighted by Crippen LogP contribution is 2.45. The van der Waals surface area contributed by atoms with Crippen LogP contribution < -0.4 is 15.4 Å². The number of anilines is 1. The van der Waals surface area contributed by atoms with Gasteiger partial charge in [-0.15, -0.1) is 0 Å². The first-order valence-electron chi connectivity index (χ1n) is 15.0. The zero-order valence-electron chi connectivity index (χ0n) is 24.5. The molecule has 0 spiro atoms. The molecule has 2 amide bonds. The van der Waals surface area contributed by atoms with Gasteiger partial charge < -0.3 is 15.2 Å². The average Bonchev–Trinajstić information content (AvgIpc) is 3.74. The standard InChI is InChI=1S/C32H31ClF2N6O4/c1-17(19-8-10-44-11-9-19)41-30-23(15-38-41)27(28(29(36)42)24(39-30)12-18-2-3-18)20-4-7-25-26(13-20)45-32(34,35)31(43)40(25)16-22-6-5-21(33)14-37-22/h4-7,13-15,17-19H,2-3,8-12,16H2,1H3,(H2,36,42)/t17-/m1/s1. The van der Waals surface area contributed by atoms with E-state index in [1.807, 2.05) is 4.68 Å². The summed E-state index contributed by atoms with van der Waals surface area (Å²) in [6, 6.07) is 7.75. The van der Waals surface area contributed by atoms with Gasteiger partial charge in [0.15, 0.2) is 11.4 Å². The Morgan fingerprint density at radius 3 is 2.62 bits per heavy atom. The highest BCUT2D eigenvalue weighted by Gasteiger charge is 2.50. The Kier molecular flexibility index (Phi) is 7.44. The summed E-state index contributed by atoms with van der Waals surface area (Å²) in [4.78, 5) is 36.0. The first-order valence-corrected chi connectivity index (χ1v) is 15.4. The molecule has 234 valence electrons. The van der Waals surface area contributed by atoms with Crippen molar-refractivity contribution in [2.24, 2.45) is 17.6 Å². The third kappa shape index (κ3) is 5.50. The van der Waals surface area contributed by atoms with Crippen molar-refractivity contribution in [3.05, 3.63) is 64.7 Å². The average molecular weight is 637 g/mol. The number of rotatable bonds is 8. The van der Waals surface area contributed by atoms with Crippen LogP contribution in [0.1, 0.15) is 60.4 Å². The smallest absolute Gasteiger partial charge is 0.423 e. The van der Waals surface area contributed by atoms with Crippen molar-refractivity contribution in [3.63, 3.8) is 0 Å². The molecule has 13 heteroatoms. The topological polar surface area (TPSA) is 125 Å². The van der Waals surface area contributed by atoms with Crippen LogP contribution in [0.5, 0.6) is 5.75 Å². The Morgan fingerprint density at radius 1 is 1.16 bits per heavy atom. The monoisotopic (exact) mass is 636 g/mol. The molecule has 2 N–H and O–H groups in total. The van der Waals surface area contributed by atoms with Crippen LogP contribution in [0.3, 0.4) is 0 Å². The number of carbonyl (C=O) groups excluding carboxylic acids is 2. The summed E-state index contributed by atoms with van der Waals surface area (Å²) in [5, 5.41) is 5.67. The van der Waals surface area contributed by atoms with Crippen LogP contribution in [-0.4, -0.2) is 50.9 Å². The van der Waals surface area contributed by atoms with Crippen LogP contribution in [0.15, 0.2) is 42.7 Å². The van der Waals surface area contributed by atoms with Gasteiger partial charge in [0.25, 0.3) is 5.91 Å².